The van der Waals surface area contributed by atoms with Gasteiger partial charge >= 0.3 is 11.7 Å². The number of benzene rings is 1. The Balaban J connectivity index is 1.98. The van der Waals surface area contributed by atoms with Gasteiger partial charge in [0.05, 0.1) is 25.3 Å². The Labute approximate surface area is 195 Å². The summed E-state index contributed by atoms with van der Waals surface area (Å²) >= 11 is 0. The molecule has 1 atom stereocenters. The Morgan fingerprint density at radius 3 is 2.71 bits per heavy atom. The van der Waals surface area contributed by atoms with Crippen molar-refractivity contribution in [2.45, 2.75) is 45.4 Å². The number of hydrogen-bond donors (Lipinski definition) is 1. The third-order valence-electron chi connectivity index (χ3n) is 6.13. The molecule has 1 aliphatic rings. The third-order valence-corrected chi connectivity index (χ3v) is 6.13. The Morgan fingerprint density at radius 1 is 1.26 bits per heavy atom. The van der Waals surface area contributed by atoms with E-state index in [1.807, 2.05) is 11.8 Å². The van der Waals surface area contributed by atoms with Crippen molar-refractivity contribution in [2.75, 3.05) is 25.1 Å². The molecule has 1 fully saturated rings. The summed E-state index contributed by atoms with van der Waals surface area (Å²) in [4.78, 5) is 45.9. The number of carbonyl (C=O) groups excluding carboxylic acids is 1. The quantitative estimate of drug-likeness (QED) is 0.516. The molecular weight excluding hydrogens is 438 g/mol. The van der Waals surface area contributed by atoms with Crippen molar-refractivity contribution in [3.63, 3.8) is 0 Å². The standard InChI is InChI=1S/C23H27N7O4/c1-3-28-19-20(26-22(28)27-10-6-9-17(25)13-27)29(14-18(31)34-2)23(33)30(21(19)32)12-16-8-5-4-7-15(16)11-24/h4-5,7-8,17H,3,6,9-10,12-14,25H2,1-2H3. The number of aryl methyl sites for hydroxylation is 1. The summed E-state index contributed by atoms with van der Waals surface area (Å²) in [6, 6.07) is 8.84. The van der Waals surface area contributed by atoms with Gasteiger partial charge in [-0.2, -0.15) is 10.2 Å². The van der Waals surface area contributed by atoms with Crippen LogP contribution in [0.1, 0.15) is 30.9 Å². The Kier molecular flexibility index (Phi) is 6.51. The molecule has 0 bridgehead atoms. The predicted octanol–water partition coefficient (Wildman–Crippen LogP) is 0.400. The fourth-order valence-corrected chi connectivity index (χ4v) is 4.42. The molecule has 3 aromatic rings. The zero-order valence-electron chi connectivity index (χ0n) is 19.2. The highest BCUT2D eigenvalue weighted by Gasteiger charge is 2.27. The highest BCUT2D eigenvalue weighted by atomic mass is 16.5. The lowest BCUT2D eigenvalue weighted by Crippen LogP contribution is -2.44. The molecule has 34 heavy (non-hydrogen) atoms. The summed E-state index contributed by atoms with van der Waals surface area (Å²) in [5.41, 5.74) is 6.17. The number of fused-ring (bicyclic) bond motifs is 1. The van der Waals surface area contributed by atoms with Crippen LogP contribution >= 0.6 is 0 Å². The number of anilines is 1. The number of nitriles is 1. The van der Waals surface area contributed by atoms with Crippen molar-refractivity contribution >= 4 is 23.1 Å². The summed E-state index contributed by atoms with van der Waals surface area (Å²) in [7, 11) is 1.23. The first-order valence-corrected chi connectivity index (χ1v) is 11.2. The molecule has 11 nitrogen and oxygen atoms in total. The number of nitrogens with zero attached hydrogens (tertiary/aromatic N) is 6. The molecule has 2 N–H and O–H groups in total. The van der Waals surface area contributed by atoms with E-state index in [1.165, 1.54) is 7.11 Å². The molecule has 0 amide bonds. The van der Waals surface area contributed by atoms with Gasteiger partial charge in [-0.25, -0.2) is 4.79 Å². The van der Waals surface area contributed by atoms with E-state index in [0.29, 0.717) is 30.2 Å². The van der Waals surface area contributed by atoms with E-state index in [-0.39, 0.29) is 23.8 Å². The second kappa shape index (κ2) is 9.52. The van der Waals surface area contributed by atoms with Crippen LogP contribution in [0, 0.1) is 11.3 Å². The summed E-state index contributed by atoms with van der Waals surface area (Å²) in [6.07, 6.45) is 1.79. The number of ether oxygens (including phenoxy) is 1. The summed E-state index contributed by atoms with van der Waals surface area (Å²) in [6.45, 7) is 3.11. The topological polar surface area (TPSA) is 141 Å². The van der Waals surface area contributed by atoms with Crippen LogP contribution in [0.15, 0.2) is 33.9 Å². The number of hydrogen-bond acceptors (Lipinski definition) is 8. The molecule has 1 saturated heterocycles. The lowest BCUT2D eigenvalue weighted by atomic mass is 10.1. The van der Waals surface area contributed by atoms with Crippen molar-refractivity contribution < 1.29 is 9.53 Å². The fourth-order valence-electron chi connectivity index (χ4n) is 4.42. The SMILES string of the molecule is CCn1c(N2CCCC(N)C2)nc2c1c(=O)n(Cc1ccccc1C#N)c(=O)n2CC(=O)OC. The van der Waals surface area contributed by atoms with Crippen LogP contribution < -0.4 is 21.9 Å². The smallest absolute Gasteiger partial charge is 0.333 e. The minimum atomic E-state index is -0.696. The summed E-state index contributed by atoms with van der Waals surface area (Å²) in [5, 5.41) is 9.45. The van der Waals surface area contributed by atoms with Crippen molar-refractivity contribution in [1.29, 1.82) is 5.26 Å². The number of rotatable bonds is 6. The number of nitrogens with two attached hydrogens (primary N) is 1. The van der Waals surface area contributed by atoms with Gasteiger partial charge in [0, 0.05) is 25.7 Å². The van der Waals surface area contributed by atoms with Crippen molar-refractivity contribution in [3.8, 4) is 6.07 Å². The minimum Gasteiger partial charge on any atom is -0.468 e. The number of imidazole rings is 1. The molecule has 2 aromatic heterocycles. The minimum absolute atomic E-state index is 0.0183. The van der Waals surface area contributed by atoms with Crippen LogP contribution in [0.4, 0.5) is 5.95 Å². The van der Waals surface area contributed by atoms with Gasteiger partial charge in [0.2, 0.25) is 5.95 Å². The molecule has 178 valence electrons. The first-order chi connectivity index (χ1) is 16.4. The van der Waals surface area contributed by atoms with Gasteiger partial charge in [-0.3, -0.25) is 18.7 Å². The van der Waals surface area contributed by atoms with E-state index in [2.05, 4.69) is 11.1 Å². The summed E-state index contributed by atoms with van der Waals surface area (Å²) < 4.78 is 8.75. The zero-order valence-corrected chi connectivity index (χ0v) is 19.2. The number of carbonyl (C=O) groups is 1. The lowest BCUT2D eigenvalue weighted by molar-refractivity contribution is -0.141. The first kappa shape index (κ1) is 23.3. The van der Waals surface area contributed by atoms with Crippen molar-refractivity contribution in [2.24, 2.45) is 5.73 Å². The van der Waals surface area contributed by atoms with Gasteiger partial charge in [0.15, 0.2) is 11.2 Å². The van der Waals surface area contributed by atoms with Gasteiger partial charge in [-0.1, -0.05) is 18.2 Å². The van der Waals surface area contributed by atoms with E-state index in [9.17, 15) is 19.6 Å². The van der Waals surface area contributed by atoms with Gasteiger partial charge in [-0.05, 0) is 31.4 Å². The molecule has 4 rings (SSSR count). The normalized spacial score (nSPS) is 15.9. The average molecular weight is 466 g/mol. The third kappa shape index (κ3) is 4.08. The highest BCUT2D eigenvalue weighted by molar-refractivity contribution is 5.77. The molecular formula is C23H27N7O4. The number of methoxy groups -OCH3 is 1. The van der Waals surface area contributed by atoms with E-state index in [0.717, 1.165) is 28.5 Å². The largest absolute Gasteiger partial charge is 0.468 e. The maximum atomic E-state index is 13.6. The molecule has 1 unspecified atom stereocenters. The van der Waals surface area contributed by atoms with Crippen LogP contribution in [-0.4, -0.2) is 50.9 Å². The fraction of sp³-hybridized carbons (Fsp3) is 0.435. The second-order valence-corrected chi connectivity index (χ2v) is 8.28. The molecule has 1 aromatic carbocycles. The Bertz CT molecular complexity index is 1400. The van der Waals surface area contributed by atoms with Crippen LogP contribution in [0.5, 0.6) is 0 Å². The van der Waals surface area contributed by atoms with Gasteiger partial charge in [0.1, 0.15) is 6.54 Å². The predicted molar refractivity (Wildman–Crippen MR) is 126 cm³/mol. The van der Waals surface area contributed by atoms with Crippen molar-refractivity contribution in [3.05, 3.63) is 56.2 Å². The first-order valence-electron chi connectivity index (χ1n) is 11.2. The monoisotopic (exact) mass is 465 g/mol. The zero-order chi connectivity index (χ0) is 24.4. The van der Waals surface area contributed by atoms with E-state index < -0.39 is 23.8 Å². The van der Waals surface area contributed by atoms with E-state index in [1.54, 1.807) is 28.8 Å². The second-order valence-electron chi connectivity index (χ2n) is 8.28. The van der Waals surface area contributed by atoms with E-state index in [4.69, 9.17) is 10.5 Å². The molecule has 3 heterocycles. The highest BCUT2D eigenvalue weighted by Crippen LogP contribution is 2.23. The molecule has 11 heteroatoms. The molecule has 0 aliphatic carbocycles. The van der Waals surface area contributed by atoms with Gasteiger partial charge < -0.3 is 19.9 Å². The van der Waals surface area contributed by atoms with Crippen molar-refractivity contribution in [1.82, 2.24) is 18.7 Å². The Morgan fingerprint density at radius 2 is 2.03 bits per heavy atom. The molecule has 0 spiro atoms. The maximum absolute atomic E-state index is 13.6. The van der Waals surface area contributed by atoms with Crippen LogP contribution in [0.3, 0.4) is 0 Å². The van der Waals surface area contributed by atoms with Gasteiger partial charge in [-0.15, -0.1) is 0 Å². The van der Waals surface area contributed by atoms with Gasteiger partial charge in [0.25, 0.3) is 5.56 Å². The number of piperidine rings is 1. The molecule has 0 saturated carbocycles. The lowest BCUT2D eigenvalue weighted by Gasteiger charge is -2.31. The maximum Gasteiger partial charge on any atom is 0.333 e. The molecule has 0 radical (unpaired) electrons. The summed E-state index contributed by atoms with van der Waals surface area (Å²) in [5.74, 6) is -0.100. The number of aromatic nitrogens is 4. The molecule has 1 aliphatic heterocycles. The van der Waals surface area contributed by atoms with Crippen LogP contribution in [-0.2, 0) is 29.2 Å². The van der Waals surface area contributed by atoms with Crippen LogP contribution in [0.2, 0.25) is 0 Å². The van der Waals surface area contributed by atoms with E-state index >= 15 is 0 Å². The number of esters is 1. The average Bonchev–Trinajstić information content (AvgIpc) is 3.24. The van der Waals surface area contributed by atoms with Crippen LogP contribution in [0.25, 0.3) is 11.2 Å². The Hall–Kier alpha value is -3.91.